The van der Waals surface area contributed by atoms with Gasteiger partial charge in [0.05, 0.1) is 24.4 Å². The summed E-state index contributed by atoms with van der Waals surface area (Å²) >= 11 is 0. The zero-order valence-electron chi connectivity index (χ0n) is 15.9. The molecule has 1 aromatic heterocycles. The summed E-state index contributed by atoms with van der Waals surface area (Å²) in [7, 11) is 0. The van der Waals surface area contributed by atoms with Crippen molar-refractivity contribution in [2.75, 3.05) is 6.61 Å². The molecule has 1 aromatic rings. The highest BCUT2D eigenvalue weighted by Crippen LogP contribution is 2.35. The van der Waals surface area contributed by atoms with Crippen LogP contribution in [0.3, 0.4) is 0 Å². The van der Waals surface area contributed by atoms with Gasteiger partial charge in [-0.05, 0) is 31.7 Å². The van der Waals surface area contributed by atoms with Crippen LogP contribution in [0.15, 0.2) is 23.3 Å². The molecule has 2 aliphatic heterocycles. The number of rotatable bonds is 6. The smallest absolute Gasteiger partial charge is 0.284 e. The number of ether oxygens (including phenoxy) is 1. The van der Waals surface area contributed by atoms with Gasteiger partial charge in [0.1, 0.15) is 11.3 Å². The van der Waals surface area contributed by atoms with E-state index in [0.717, 1.165) is 31.4 Å². The Morgan fingerprint density at radius 3 is 2.81 bits per heavy atom. The van der Waals surface area contributed by atoms with E-state index in [4.69, 9.17) is 9.72 Å². The second kappa shape index (κ2) is 7.50. The Labute approximate surface area is 158 Å². The molecule has 4 rings (SSSR count). The molecule has 0 aromatic carbocycles. The van der Waals surface area contributed by atoms with Crippen molar-refractivity contribution in [1.29, 1.82) is 0 Å². The first-order valence-corrected chi connectivity index (χ1v) is 9.81. The molecule has 0 bridgehead atoms. The maximum atomic E-state index is 12.9. The van der Waals surface area contributed by atoms with Crippen molar-refractivity contribution in [1.82, 2.24) is 24.7 Å². The molecule has 1 N–H and O–H groups in total. The number of hydrogen-bond acceptors (Lipinski definition) is 5. The van der Waals surface area contributed by atoms with Gasteiger partial charge in [0.2, 0.25) is 0 Å². The zero-order valence-corrected chi connectivity index (χ0v) is 15.9. The SMILES string of the molecule is CCCOc1cnccc1-c1nc2n(C3CCCC3)[nH]c(CC)c-2c(=O)n1. The summed E-state index contributed by atoms with van der Waals surface area (Å²) in [5, 5.41) is 3.42. The first-order valence-electron chi connectivity index (χ1n) is 9.81. The van der Waals surface area contributed by atoms with E-state index in [1.165, 1.54) is 12.8 Å². The van der Waals surface area contributed by atoms with Crippen LogP contribution in [0.2, 0.25) is 0 Å². The number of nitrogens with zero attached hydrogens (tertiary/aromatic N) is 4. The van der Waals surface area contributed by atoms with Crippen LogP contribution in [0.4, 0.5) is 0 Å². The fourth-order valence-electron chi connectivity index (χ4n) is 3.82. The monoisotopic (exact) mass is 367 g/mol. The van der Waals surface area contributed by atoms with Crippen molar-refractivity contribution in [3.63, 3.8) is 0 Å². The summed E-state index contributed by atoms with van der Waals surface area (Å²) in [5.41, 5.74) is 1.98. The largest absolute Gasteiger partial charge is 0.491 e. The van der Waals surface area contributed by atoms with Gasteiger partial charge < -0.3 is 4.74 Å². The molecule has 1 saturated carbocycles. The van der Waals surface area contributed by atoms with Crippen LogP contribution >= 0.6 is 0 Å². The fraction of sp³-hybridized carbons (Fsp3) is 0.500. The Bertz CT molecular complexity index is 955. The molecule has 3 heterocycles. The molecule has 0 atom stereocenters. The minimum absolute atomic E-state index is 0.238. The molecule has 7 heteroatoms. The van der Waals surface area contributed by atoms with Crippen LogP contribution in [0.5, 0.6) is 5.75 Å². The number of fused-ring (bicyclic) bond motifs is 1. The van der Waals surface area contributed by atoms with Gasteiger partial charge in [0.25, 0.3) is 5.56 Å². The summed E-state index contributed by atoms with van der Waals surface area (Å²) in [6.45, 7) is 4.67. The zero-order chi connectivity index (χ0) is 18.8. The van der Waals surface area contributed by atoms with Gasteiger partial charge in [-0.1, -0.05) is 26.7 Å². The van der Waals surface area contributed by atoms with Crippen LogP contribution in [0.25, 0.3) is 22.8 Å². The van der Waals surface area contributed by atoms with Crippen LogP contribution in [0.1, 0.15) is 57.7 Å². The number of pyridine rings is 1. The van der Waals surface area contributed by atoms with E-state index in [-0.39, 0.29) is 5.56 Å². The molecule has 27 heavy (non-hydrogen) atoms. The Morgan fingerprint density at radius 2 is 2.07 bits per heavy atom. The highest BCUT2D eigenvalue weighted by molar-refractivity contribution is 5.68. The van der Waals surface area contributed by atoms with Crippen molar-refractivity contribution in [2.24, 2.45) is 0 Å². The van der Waals surface area contributed by atoms with E-state index in [0.29, 0.717) is 41.2 Å². The summed E-state index contributed by atoms with van der Waals surface area (Å²) in [6.07, 6.45) is 9.60. The quantitative estimate of drug-likeness (QED) is 0.719. The van der Waals surface area contributed by atoms with Gasteiger partial charge in [0, 0.05) is 11.9 Å². The van der Waals surface area contributed by atoms with Crippen molar-refractivity contribution in [3.05, 3.63) is 34.5 Å². The van der Waals surface area contributed by atoms with Crippen molar-refractivity contribution >= 4 is 0 Å². The number of H-pyrrole nitrogens is 1. The molecular weight excluding hydrogens is 342 g/mol. The third kappa shape index (κ3) is 3.22. The molecule has 3 aliphatic rings. The number of aryl methyl sites for hydroxylation is 1. The molecule has 0 unspecified atom stereocenters. The van der Waals surface area contributed by atoms with Crippen LogP contribution < -0.4 is 10.3 Å². The van der Waals surface area contributed by atoms with E-state index in [1.807, 2.05) is 13.8 Å². The van der Waals surface area contributed by atoms with Crippen molar-refractivity contribution in [3.8, 4) is 28.5 Å². The molecule has 1 aliphatic carbocycles. The maximum absolute atomic E-state index is 12.9. The van der Waals surface area contributed by atoms with Gasteiger partial charge >= 0.3 is 0 Å². The van der Waals surface area contributed by atoms with Gasteiger partial charge in [0.15, 0.2) is 11.6 Å². The lowest BCUT2D eigenvalue weighted by Crippen LogP contribution is -2.17. The van der Waals surface area contributed by atoms with Crippen LogP contribution in [-0.2, 0) is 6.42 Å². The highest BCUT2D eigenvalue weighted by Gasteiger charge is 2.28. The summed E-state index contributed by atoms with van der Waals surface area (Å²) in [5.74, 6) is 1.71. The lowest BCUT2D eigenvalue weighted by Gasteiger charge is -2.14. The van der Waals surface area contributed by atoms with E-state index < -0.39 is 0 Å². The second-order valence-electron chi connectivity index (χ2n) is 7.02. The van der Waals surface area contributed by atoms with E-state index >= 15 is 0 Å². The topological polar surface area (TPSA) is 85.7 Å². The molecule has 1 fully saturated rings. The van der Waals surface area contributed by atoms with Gasteiger partial charge in [-0.2, -0.15) is 4.98 Å². The Hall–Kier alpha value is -2.70. The number of aromatic amines is 1. The molecule has 0 radical (unpaired) electrons. The predicted octanol–water partition coefficient (Wildman–Crippen LogP) is 3.60. The molecule has 0 spiro atoms. The predicted molar refractivity (Wildman–Crippen MR) is 103 cm³/mol. The number of hydrogen-bond donors (Lipinski definition) is 1. The summed E-state index contributed by atoms with van der Waals surface area (Å²) in [4.78, 5) is 26.1. The maximum Gasteiger partial charge on any atom is 0.284 e. The normalized spacial score (nSPS) is 14.9. The first-order chi connectivity index (χ1) is 13.2. The van der Waals surface area contributed by atoms with Crippen LogP contribution in [-0.4, -0.2) is 31.3 Å². The van der Waals surface area contributed by atoms with Crippen molar-refractivity contribution in [2.45, 2.75) is 58.4 Å². The molecule has 0 saturated heterocycles. The lowest BCUT2D eigenvalue weighted by atomic mass is 10.1. The third-order valence-electron chi connectivity index (χ3n) is 5.17. The molecular formula is C20H25N5O2. The van der Waals surface area contributed by atoms with E-state index in [1.54, 1.807) is 18.5 Å². The third-order valence-corrected chi connectivity index (χ3v) is 5.17. The lowest BCUT2D eigenvalue weighted by molar-refractivity contribution is 0.317. The summed E-state index contributed by atoms with van der Waals surface area (Å²) in [6, 6.07) is 2.17. The number of aromatic nitrogens is 5. The standard InChI is InChI=1S/C20H25N5O2/c1-3-11-27-16-12-21-10-9-14(16)18-22-19-17(20(26)23-18)15(4-2)24-25(19)13-7-5-6-8-13/h9-10,12-13,24H,3-8,11H2,1-2H3. The minimum Gasteiger partial charge on any atom is -0.491 e. The average Bonchev–Trinajstić information content (AvgIpc) is 3.34. The van der Waals surface area contributed by atoms with E-state index in [9.17, 15) is 4.79 Å². The Balaban J connectivity index is 1.87. The fourth-order valence-corrected chi connectivity index (χ4v) is 3.82. The molecule has 142 valence electrons. The van der Waals surface area contributed by atoms with E-state index in [2.05, 4.69) is 19.7 Å². The molecule has 0 amide bonds. The average molecular weight is 367 g/mol. The molecule has 7 nitrogen and oxygen atoms in total. The highest BCUT2D eigenvalue weighted by atomic mass is 16.5. The first kappa shape index (κ1) is 17.7. The van der Waals surface area contributed by atoms with Gasteiger partial charge in [-0.15, -0.1) is 0 Å². The Morgan fingerprint density at radius 1 is 1.26 bits per heavy atom. The van der Waals surface area contributed by atoms with Gasteiger partial charge in [-0.25, -0.2) is 4.98 Å². The Kier molecular flexibility index (Phi) is 4.92. The number of nitrogens with one attached hydrogen (secondary N) is 1. The van der Waals surface area contributed by atoms with Crippen molar-refractivity contribution < 1.29 is 4.74 Å². The van der Waals surface area contributed by atoms with Gasteiger partial charge in [-0.3, -0.25) is 19.6 Å². The second-order valence-corrected chi connectivity index (χ2v) is 7.02. The van der Waals surface area contributed by atoms with Crippen LogP contribution in [0, 0.1) is 0 Å². The summed E-state index contributed by atoms with van der Waals surface area (Å²) < 4.78 is 7.87. The minimum atomic E-state index is -0.238.